The molecule has 1 aliphatic carbocycles. The van der Waals surface area contributed by atoms with Crippen molar-refractivity contribution >= 4 is 45.5 Å². The van der Waals surface area contributed by atoms with Crippen molar-refractivity contribution in [2.75, 3.05) is 23.8 Å². The second-order valence-electron chi connectivity index (χ2n) is 6.50. The van der Waals surface area contributed by atoms with Crippen LogP contribution in [0.3, 0.4) is 0 Å². The lowest BCUT2D eigenvalue weighted by molar-refractivity contribution is -0.114. The summed E-state index contributed by atoms with van der Waals surface area (Å²) < 4.78 is 5.22. The molecule has 1 heterocycles. The number of fused-ring (bicyclic) bond motifs is 1. The third-order valence-electron chi connectivity index (χ3n) is 4.54. The molecular formula is C20H23ClN2O3S. The minimum Gasteiger partial charge on any atom is -0.462 e. The van der Waals surface area contributed by atoms with Gasteiger partial charge in [-0.3, -0.25) is 4.79 Å². The largest absolute Gasteiger partial charge is 0.462 e. The van der Waals surface area contributed by atoms with Crippen LogP contribution in [0, 0.1) is 6.92 Å². The second kappa shape index (κ2) is 8.76. The number of rotatable bonds is 6. The average molecular weight is 407 g/mol. The zero-order valence-electron chi connectivity index (χ0n) is 15.5. The fourth-order valence-electron chi connectivity index (χ4n) is 3.20. The monoisotopic (exact) mass is 406 g/mol. The molecule has 0 saturated heterocycles. The first kappa shape index (κ1) is 19.7. The number of thiophene rings is 1. The first-order chi connectivity index (χ1) is 13.0. The van der Waals surface area contributed by atoms with Crippen molar-refractivity contribution in [3.63, 3.8) is 0 Å². The molecule has 0 saturated carbocycles. The van der Waals surface area contributed by atoms with E-state index in [2.05, 4.69) is 10.6 Å². The predicted molar refractivity (Wildman–Crippen MR) is 110 cm³/mol. The van der Waals surface area contributed by atoms with Gasteiger partial charge in [-0.1, -0.05) is 17.7 Å². The van der Waals surface area contributed by atoms with Gasteiger partial charge in [0.05, 0.1) is 18.7 Å². The standard InChI is InChI=1S/C20H23ClN2O3S/c1-3-26-20(25)18-14-6-4-5-7-16(14)27-19(18)23-17(24)11-22-15-10-13(21)9-8-12(15)2/h8-10,22H,3-7,11H2,1-2H3,(H,23,24). The number of nitrogens with one attached hydrogen (secondary N) is 2. The molecule has 3 rings (SSSR count). The van der Waals surface area contributed by atoms with E-state index in [0.29, 0.717) is 22.2 Å². The molecule has 0 atom stereocenters. The number of hydrogen-bond donors (Lipinski definition) is 2. The number of esters is 1. The van der Waals surface area contributed by atoms with E-state index >= 15 is 0 Å². The minimum absolute atomic E-state index is 0.0893. The Morgan fingerprint density at radius 1 is 1.26 bits per heavy atom. The van der Waals surface area contributed by atoms with Crippen LogP contribution in [0.15, 0.2) is 18.2 Å². The summed E-state index contributed by atoms with van der Waals surface area (Å²) in [4.78, 5) is 26.1. The maximum absolute atomic E-state index is 12.5. The highest BCUT2D eigenvalue weighted by molar-refractivity contribution is 7.17. The van der Waals surface area contributed by atoms with Gasteiger partial charge in [-0.15, -0.1) is 11.3 Å². The van der Waals surface area contributed by atoms with Crippen LogP contribution in [0.4, 0.5) is 10.7 Å². The lowest BCUT2D eigenvalue weighted by Gasteiger charge is -2.12. The normalized spacial score (nSPS) is 13.0. The maximum atomic E-state index is 12.5. The molecule has 2 aromatic rings. The number of halogens is 1. The Balaban J connectivity index is 1.74. The molecule has 7 heteroatoms. The molecule has 0 spiro atoms. The summed E-state index contributed by atoms with van der Waals surface area (Å²) in [6, 6.07) is 5.50. The average Bonchev–Trinajstić information content (AvgIpc) is 3.00. The molecule has 27 heavy (non-hydrogen) atoms. The number of anilines is 2. The number of carbonyl (C=O) groups excluding carboxylic acids is 2. The van der Waals surface area contributed by atoms with Crippen molar-refractivity contribution in [1.82, 2.24) is 0 Å². The van der Waals surface area contributed by atoms with Crippen LogP contribution < -0.4 is 10.6 Å². The van der Waals surface area contributed by atoms with Crippen molar-refractivity contribution in [3.05, 3.63) is 44.8 Å². The Morgan fingerprint density at radius 2 is 2.04 bits per heavy atom. The third kappa shape index (κ3) is 4.62. The van der Waals surface area contributed by atoms with Gasteiger partial charge in [-0.2, -0.15) is 0 Å². The number of hydrogen-bond acceptors (Lipinski definition) is 5. The highest BCUT2D eigenvalue weighted by Gasteiger charge is 2.27. The highest BCUT2D eigenvalue weighted by atomic mass is 35.5. The van der Waals surface area contributed by atoms with Gasteiger partial charge in [-0.25, -0.2) is 4.79 Å². The van der Waals surface area contributed by atoms with Gasteiger partial charge in [0.15, 0.2) is 0 Å². The van der Waals surface area contributed by atoms with E-state index in [0.717, 1.165) is 42.5 Å². The van der Waals surface area contributed by atoms with Gasteiger partial charge in [0, 0.05) is 15.6 Å². The van der Waals surface area contributed by atoms with E-state index in [-0.39, 0.29) is 18.4 Å². The number of carbonyl (C=O) groups is 2. The fraction of sp³-hybridized carbons (Fsp3) is 0.400. The van der Waals surface area contributed by atoms with E-state index < -0.39 is 0 Å². The Hall–Kier alpha value is -2.05. The summed E-state index contributed by atoms with van der Waals surface area (Å²) in [6.45, 7) is 4.13. The number of ether oxygens (including phenoxy) is 1. The van der Waals surface area contributed by atoms with Gasteiger partial charge in [0.1, 0.15) is 5.00 Å². The summed E-state index contributed by atoms with van der Waals surface area (Å²) in [5, 5.41) is 7.20. The minimum atomic E-state index is -0.356. The molecule has 1 aromatic heterocycles. The first-order valence-electron chi connectivity index (χ1n) is 9.11. The molecule has 0 bridgehead atoms. The van der Waals surface area contributed by atoms with Crippen molar-refractivity contribution in [1.29, 1.82) is 0 Å². The quantitative estimate of drug-likeness (QED) is 0.675. The first-order valence-corrected chi connectivity index (χ1v) is 10.3. The Labute approximate surface area is 168 Å². The zero-order chi connectivity index (χ0) is 19.4. The van der Waals surface area contributed by atoms with E-state index in [1.165, 1.54) is 16.2 Å². The van der Waals surface area contributed by atoms with Crippen molar-refractivity contribution in [2.45, 2.75) is 39.5 Å². The highest BCUT2D eigenvalue weighted by Crippen LogP contribution is 2.38. The topological polar surface area (TPSA) is 67.4 Å². The molecule has 0 aliphatic heterocycles. The van der Waals surface area contributed by atoms with Crippen molar-refractivity contribution in [3.8, 4) is 0 Å². The summed E-state index contributed by atoms with van der Waals surface area (Å²) >= 11 is 7.51. The van der Waals surface area contributed by atoms with Gasteiger partial charge in [0.2, 0.25) is 5.91 Å². The lowest BCUT2D eigenvalue weighted by atomic mass is 9.95. The van der Waals surface area contributed by atoms with E-state index in [4.69, 9.17) is 16.3 Å². The Kier molecular flexibility index (Phi) is 6.39. The van der Waals surface area contributed by atoms with E-state index in [9.17, 15) is 9.59 Å². The predicted octanol–water partition coefficient (Wildman–Crippen LogP) is 4.82. The molecule has 144 valence electrons. The molecule has 0 unspecified atom stereocenters. The number of amides is 1. The number of benzene rings is 1. The molecule has 0 radical (unpaired) electrons. The van der Waals surface area contributed by atoms with Gasteiger partial charge in [0.25, 0.3) is 0 Å². The van der Waals surface area contributed by atoms with E-state index in [1.807, 2.05) is 19.1 Å². The van der Waals surface area contributed by atoms with Gasteiger partial charge < -0.3 is 15.4 Å². The van der Waals surface area contributed by atoms with Crippen LogP contribution in [-0.2, 0) is 22.4 Å². The third-order valence-corrected chi connectivity index (χ3v) is 5.99. The van der Waals surface area contributed by atoms with Gasteiger partial charge >= 0.3 is 5.97 Å². The molecule has 5 nitrogen and oxygen atoms in total. The van der Waals surface area contributed by atoms with Crippen LogP contribution in [0.2, 0.25) is 5.02 Å². The zero-order valence-corrected chi connectivity index (χ0v) is 17.1. The van der Waals surface area contributed by atoms with Crippen molar-refractivity contribution < 1.29 is 14.3 Å². The van der Waals surface area contributed by atoms with Crippen LogP contribution in [0.25, 0.3) is 0 Å². The van der Waals surface area contributed by atoms with Crippen molar-refractivity contribution in [2.24, 2.45) is 0 Å². The van der Waals surface area contributed by atoms with Crippen LogP contribution >= 0.6 is 22.9 Å². The summed E-state index contributed by atoms with van der Waals surface area (Å²) in [7, 11) is 0. The van der Waals surface area contributed by atoms with Crippen LogP contribution in [0.1, 0.15) is 46.1 Å². The molecule has 1 aliphatic rings. The SMILES string of the molecule is CCOC(=O)c1c(NC(=O)CNc2cc(Cl)ccc2C)sc2c1CCCC2. The molecular weight excluding hydrogens is 384 g/mol. The lowest BCUT2D eigenvalue weighted by Crippen LogP contribution is -2.23. The second-order valence-corrected chi connectivity index (χ2v) is 8.04. The molecule has 1 amide bonds. The summed E-state index contributed by atoms with van der Waals surface area (Å²) in [6.07, 6.45) is 3.97. The fourth-order valence-corrected chi connectivity index (χ4v) is 4.67. The van der Waals surface area contributed by atoms with Crippen LogP contribution in [-0.4, -0.2) is 25.0 Å². The van der Waals surface area contributed by atoms with Gasteiger partial charge in [-0.05, 0) is 62.8 Å². The maximum Gasteiger partial charge on any atom is 0.341 e. The molecule has 0 fully saturated rings. The van der Waals surface area contributed by atoms with E-state index in [1.54, 1.807) is 13.0 Å². The summed E-state index contributed by atoms with van der Waals surface area (Å²) in [5.74, 6) is -0.565. The summed E-state index contributed by atoms with van der Waals surface area (Å²) in [5.41, 5.74) is 3.39. The van der Waals surface area contributed by atoms with Crippen LogP contribution in [0.5, 0.6) is 0 Å². The number of aryl methyl sites for hydroxylation is 2. The molecule has 1 aromatic carbocycles. The molecule has 2 N–H and O–H groups in total. The Morgan fingerprint density at radius 3 is 2.81 bits per heavy atom. The smallest absolute Gasteiger partial charge is 0.341 e. The Bertz CT molecular complexity index is 863.